The number of hydrogen-bond donors (Lipinski definition) is 1. The zero-order valence-corrected chi connectivity index (χ0v) is 13.9. The Labute approximate surface area is 127 Å². The Morgan fingerprint density at radius 2 is 2.22 bits per heavy atom. The summed E-state index contributed by atoms with van der Waals surface area (Å²) >= 11 is 8.27. The topological polar surface area (TPSA) is 40.5 Å². The predicted molar refractivity (Wildman–Crippen MR) is 80.1 cm³/mol. The second-order valence-electron chi connectivity index (χ2n) is 4.39. The van der Waals surface area contributed by atoms with Gasteiger partial charge in [0.1, 0.15) is 0 Å². The highest BCUT2D eigenvalue weighted by molar-refractivity contribution is 9.13. The fourth-order valence-corrected chi connectivity index (χ4v) is 3.97. The Morgan fingerprint density at radius 3 is 2.67 bits per heavy atom. The minimum Gasteiger partial charge on any atom is -0.396 e. The second kappa shape index (κ2) is 6.50. The van der Waals surface area contributed by atoms with Crippen molar-refractivity contribution in [1.29, 1.82) is 0 Å². The molecule has 1 N–H and O–H groups in total. The van der Waals surface area contributed by atoms with E-state index in [1.807, 2.05) is 11.0 Å². The Balaban J connectivity index is 2.11. The maximum atomic E-state index is 12.5. The number of aliphatic hydroxyl groups excluding tert-OH is 1. The maximum absolute atomic E-state index is 12.5. The summed E-state index contributed by atoms with van der Waals surface area (Å²) in [5, 5.41) is 8.94. The van der Waals surface area contributed by atoms with Gasteiger partial charge in [0.2, 0.25) is 0 Å². The van der Waals surface area contributed by atoms with Crippen LogP contribution < -0.4 is 0 Å². The van der Waals surface area contributed by atoms with E-state index in [9.17, 15) is 4.79 Å². The quantitative estimate of drug-likeness (QED) is 0.825. The Morgan fingerprint density at radius 1 is 1.50 bits per heavy atom. The molecule has 0 saturated heterocycles. The van der Waals surface area contributed by atoms with Gasteiger partial charge in [-0.25, -0.2) is 0 Å². The van der Waals surface area contributed by atoms with Crippen LogP contribution in [0.4, 0.5) is 0 Å². The summed E-state index contributed by atoms with van der Waals surface area (Å²) in [5.41, 5.74) is 0. The lowest BCUT2D eigenvalue weighted by atomic mass is 9.91. The van der Waals surface area contributed by atoms with Crippen LogP contribution in [-0.2, 0) is 0 Å². The van der Waals surface area contributed by atoms with E-state index in [1.165, 1.54) is 17.8 Å². The van der Waals surface area contributed by atoms with Gasteiger partial charge in [0.25, 0.3) is 5.91 Å². The summed E-state index contributed by atoms with van der Waals surface area (Å²) in [6.45, 7) is 0.779. The number of rotatable bonds is 5. The van der Waals surface area contributed by atoms with Gasteiger partial charge >= 0.3 is 0 Å². The highest BCUT2D eigenvalue weighted by atomic mass is 79.9. The van der Waals surface area contributed by atoms with Crippen molar-refractivity contribution < 1.29 is 9.90 Å². The van der Waals surface area contributed by atoms with Gasteiger partial charge < -0.3 is 10.0 Å². The average Bonchev–Trinajstić information content (AvgIpc) is 2.61. The van der Waals surface area contributed by atoms with Crippen molar-refractivity contribution in [2.24, 2.45) is 0 Å². The van der Waals surface area contributed by atoms with Crippen LogP contribution in [0.1, 0.15) is 35.4 Å². The first-order valence-corrected chi connectivity index (χ1v) is 8.40. The minimum atomic E-state index is 0.0875. The summed E-state index contributed by atoms with van der Waals surface area (Å²) in [6, 6.07) is 2.23. The second-order valence-corrected chi connectivity index (χ2v) is 7.62. The zero-order valence-electron chi connectivity index (χ0n) is 9.86. The molecule has 100 valence electrons. The monoisotopic (exact) mass is 395 g/mol. The first-order chi connectivity index (χ1) is 8.63. The SMILES string of the molecule is O=C(c1cc(Br)c(Br)s1)N(CCCO)C1CCC1. The molecule has 0 bridgehead atoms. The smallest absolute Gasteiger partial charge is 0.264 e. The lowest BCUT2D eigenvalue weighted by Crippen LogP contribution is -2.44. The van der Waals surface area contributed by atoms with E-state index in [4.69, 9.17) is 5.11 Å². The summed E-state index contributed by atoms with van der Waals surface area (Å²) in [6.07, 6.45) is 4.02. The Bertz CT molecular complexity index is 412. The van der Waals surface area contributed by atoms with E-state index < -0.39 is 0 Å². The molecular formula is C12H15Br2NO2S. The van der Waals surface area contributed by atoms with Crippen LogP contribution in [0, 0.1) is 0 Å². The van der Waals surface area contributed by atoms with Gasteiger partial charge in [-0.1, -0.05) is 0 Å². The van der Waals surface area contributed by atoms with Crippen molar-refractivity contribution in [3.8, 4) is 0 Å². The molecule has 0 unspecified atom stereocenters. The molecule has 1 aromatic heterocycles. The Hall–Kier alpha value is 0.0900. The van der Waals surface area contributed by atoms with Gasteiger partial charge in [-0.2, -0.15) is 0 Å². The minimum absolute atomic E-state index is 0.0875. The zero-order chi connectivity index (χ0) is 13.1. The van der Waals surface area contributed by atoms with Crippen molar-refractivity contribution in [3.63, 3.8) is 0 Å². The molecule has 1 aromatic rings. The highest BCUT2D eigenvalue weighted by Gasteiger charge is 2.29. The maximum Gasteiger partial charge on any atom is 0.264 e. The lowest BCUT2D eigenvalue weighted by molar-refractivity contribution is 0.0567. The number of carbonyl (C=O) groups excluding carboxylic acids is 1. The molecule has 0 atom stereocenters. The summed E-state index contributed by atoms with van der Waals surface area (Å²) in [4.78, 5) is 15.1. The highest BCUT2D eigenvalue weighted by Crippen LogP contribution is 2.34. The van der Waals surface area contributed by atoms with E-state index in [1.54, 1.807) is 0 Å². The van der Waals surface area contributed by atoms with Crippen LogP contribution in [0.5, 0.6) is 0 Å². The van der Waals surface area contributed by atoms with E-state index in [0.29, 0.717) is 19.0 Å². The third-order valence-corrected chi connectivity index (χ3v) is 6.43. The molecule has 1 fully saturated rings. The number of nitrogens with zero attached hydrogens (tertiary/aromatic N) is 1. The predicted octanol–water partition coefficient (Wildman–Crippen LogP) is 3.65. The van der Waals surface area contributed by atoms with Crippen molar-refractivity contribution in [3.05, 3.63) is 19.2 Å². The number of carbonyl (C=O) groups is 1. The molecule has 1 aliphatic carbocycles. The molecule has 0 aliphatic heterocycles. The molecule has 2 rings (SSSR count). The van der Waals surface area contributed by atoms with Crippen LogP contribution in [0.25, 0.3) is 0 Å². The fourth-order valence-electron chi connectivity index (χ4n) is 1.98. The van der Waals surface area contributed by atoms with Gasteiger partial charge in [-0.15, -0.1) is 11.3 Å². The summed E-state index contributed by atoms with van der Waals surface area (Å²) in [7, 11) is 0. The third kappa shape index (κ3) is 3.15. The molecule has 0 spiro atoms. The van der Waals surface area contributed by atoms with Crippen LogP contribution >= 0.6 is 43.2 Å². The molecule has 3 nitrogen and oxygen atoms in total. The number of hydrogen-bond acceptors (Lipinski definition) is 3. The lowest BCUT2D eigenvalue weighted by Gasteiger charge is -2.37. The van der Waals surface area contributed by atoms with Crippen LogP contribution in [0.15, 0.2) is 14.3 Å². The molecule has 1 amide bonds. The van der Waals surface area contributed by atoms with Gasteiger partial charge in [0.05, 0.1) is 8.66 Å². The Kier molecular flexibility index (Phi) is 5.24. The van der Waals surface area contributed by atoms with Crippen molar-refractivity contribution >= 4 is 49.1 Å². The summed E-state index contributed by atoms with van der Waals surface area (Å²) < 4.78 is 1.87. The first kappa shape index (κ1) is 14.5. The standard InChI is InChI=1S/C12H15Br2NO2S/c13-9-7-10(18-11(9)14)12(17)15(5-2-6-16)8-3-1-4-8/h7-8,16H,1-6H2. The normalized spacial score (nSPS) is 15.5. The van der Waals surface area contributed by atoms with E-state index >= 15 is 0 Å². The molecule has 1 heterocycles. The fraction of sp³-hybridized carbons (Fsp3) is 0.583. The molecular weight excluding hydrogens is 382 g/mol. The van der Waals surface area contributed by atoms with Crippen LogP contribution in [0.2, 0.25) is 0 Å². The molecule has 0 radical (unpaired) electrons. The molecule has 18 heavy (non-hydrogen) atoms. The first-order valence-electron chi connectivity index (χ1n) is 6.00. The van der Waals surface area contributed by atoms with Gasteiger partial charge in [-0.05, 0) is 63.6 Å². The third-order valence-electron chi connectivity index (χ3n) is 3.19. The van der Waals surface area contributed by atoms with Crippen molar-refractivity contribution in [2.45, 2.75) is 31.7 Å². The van der Waals surface area contributed by atoms with Crippen LogP contribution in [0.3, 0.4) is 0 Å². The van der Waals surface area contributed by atoms with Gasteiger partial charge in [0.15, 0.2) is 0 Å². The molecule has 1 saturated carbocycles. The van der Waals surface area contributed by atoms with Gasteiger partial charge in [-0.3, -0.25) is 4.79 Å². The van der Waals surface area contributed by atoms with Crippen LogP contribution in [-0.4, -0.2) is 35.1 Å². The van der Waals surface area contributed by atoms with E-state index in [-0.39, 0.29) is 12.5 Å². The summed E-state index contributed by atoms with van der Waals surface area (Å²) in [5.74, 6) is 0.0875. The number of thiophene rings is 1. The molecule has 6 heteroatoms. The molecule has 0 aromatic carbocycles. The number of aliphatic hydroxyl groups is 1. The van der Waals surface area contributed by atoms with E-state index in [0.717, 1.165) is 26.0 Å². The van der Waals surface area contributed by atoms with Crippen molar-refractivity contribution in [2.75, 3.05) is 13.2 Å². The van der Waals surface area contributed by atoms with Crippen molar-refractivity contribution in [1.82, 2.24) is 4.90 Å². The number of amides is 1. The van der Waals surface area contributed by atoms with Gasteiger partial charge in [0, 0.05) is 23.7 Å². The molecule has 1 aliphatic rings. The van der Waals surface area contributed by atoms with E-state index in [2.05, 4.69) is 31.9 Å². The number of halogens is 2. The largest absolute Gasteiger partial charge is 0.396 e. The average molecular weight is 397 g/mol.